The molecule has 1 saturated heterocycles. The summed E-state index contributed by atoms with van der Waals surface area (Å²) >= 11 is 0. The Bertz CT molecular complexity index is 630. The fraction of sp³-hybridized carbons (Fsp3) is 1.00. The second kappa shape index (κ2) is 6.96. The number of aliphatic hydroxyl groups excluding tert-OH is 1. The maximum atomic E-state index is 10.4. The summed E-state index contributed by atoms with van der Waals surface area (Å²) < 4.78 is 6.51. The lowest BCUT2D eigenvalue weighted by Gasteiger charge is -2.59. The molecule has 166 valence electrons. The van der Waals surface area contributed by atoms with Crippen LogP contribution in [0, 0.1) is 46.3 Å². The van der Waals surface area contributed by atoms with Gasteiger partial charge < -0.3 is 9.84 Å². The first kappa shape index (κ1) is 20.8. The number of aliphatic hydroxyl groups is 1. The molecule has 0 aromatic carbocycles. The molecule has 1 spiro atoms. The van der Waals surface area contributed by atoms with E-state index in [9.17, 15) is 5.11 Å². The molecule has 5 aliphatic rings. The van der Waals surface area contributed by atoms with E-state index < -0.39 is 0 Å². The highest BCUT2D eigenvalue weighted by molar-refractivity contribution is 5.24. The topological polar surface area (TPSA) is 32.8 Å². The highest BCUT2D eigenvalue weighted by atomic mass is 16.6. The van der Waals surface area contributed by atoms with E-state index in [4.69, 9.17) is 4.74 Å². The molecule has 5 rings (SSSR count). The fourth-order valence-electron chi connectivity index (χ4n) is 9.68. The van der Waals surface area contributed by atoms with E-state index in [0.29, 0.717) is 16.9 Å². The van der Waals surface area contributed by atoms with Crippen LogP contribution in [-0.4, -0.2) is 22.9 Å². The van der Waals surface area contributed by atoms with Gasteiger partial charge in [0.1, 0.15) is 5.60 Å². The van der Waals surface area contributed by atoms with E-state index in [-0.39, 0.29) is 11.7 Å². The van der Waals surface area contributed by atoms with Crippen molar-refractivity contribution in [3.8, 4) is 0 Å². The third-order valence-electron chi connectivity index (χ3n) is 11.3. The number of fused-ring (bicyclic) bond motifs is 4. The van der Waals surface area contributed by atoms with Crippen molar-refractivity contribution in [2.24, 2.45) is 46.3 Å². The molecule has 0 radical (unpaired) electrons. The summed E-state index contributed by atoms with van der Waals surface area (Å²) in [5.41, 5.74) is 0.932. The predicted molar refractivity (Wildman–Crippen MR) is 119 cm³/mol. The highest BCUT2D eigenvalue weighted by Gasteiger charge is 2.76. The molecular formula is C27H46O2. The Morgan fingerprint density at radius 3 is 2.52 bits per heavy atom. The maximum Gasteiger partial charge on any atom is 0.103 e. The third kappa shape index (κ3) is 2.94. The van der Waals surface area contributed by atoms with Crippen molar-refractivity contribution < 1.29 is 9.84 Å². The van der Waals surface area contributed by atoms with Gasteiger partial charge in [0.25, 0.3) is 0 Å². The minimum absolute atomic E-state index is 0.0434. The van der Waals surface area contributed by atoms with Gasteiger partial charge in [-0.3, -0.25) is 0 Å². The van der Waals surface area contributed by atoms with Crippen LogP contribution >= 0.6 is 0 Å². The van der Waals surface area contributed by atoms with E-state index >= 15 is 0 Å². The van der Waals surface area contributed by atoms with Crippen molar-refractivity contribution in [3.05, 3.63) is 0 Å². The summed E-state index contributed by atoms with van der Waals surface area (Å²) in [6, 6.07) is 0. The average molecular weight is 403 g/mol. The van der Waals surface area contributed by atoms with Crippen LogP contribution in [0.1, 0.15) is 105 Å². The molecule has 0 unspecified atom stereocenters. The molecule has 0 bridgehead atoms. The molecule has 4 saturated carbocycles. The molecule has 5 fully saturated rings. The number of epoxide rings is 1. The van der Waals surface area contributed by atoms with Gasteiger partial charge in [-0.25, -0.2) is 0 Å². The van der Waals surface area contributed by atoms with Gasteiger partial charge in [0, 0.05) is 11.8 Å². The molecular weight excluding hydrogens is 356 g/mol. The molecule has 10 atom stereocenters. The summed E-state index contributed by atoms with van der Waals surface area (Å²) in [5, 5.41) is 10.4. The molecule has 29 heavy (non-hydrogen) atoms. The fourth-order valence-corrected chi connectivity index (χ4v) is 9.68. The molecule has 1 heterocycles. The van der Waals surface area contributed by atoms with Gasteiger partial charge in [-0.15, -0.1) is 0 Å². The summed E-state index contributed by atoms with van der Waals surface area (Å²) in [6.45, 7) is 12.6. The third-order valence-corrected chi connectivity index (χ3v) is 11.3. The van der Waals surface area contributed by atoms with Gasteiger partial charge in [-0.05, 0) is 85.9 Å². The Morgan fingerprint density at radius 2 is 1.76 bits per heavy atom. The van der Waals surface area contributed by atoms with Gasteiger partial charge in [-0.2, -0.15) is 0 Å². The van der Waals surface area contributed by atoms with Crippen molar-refractivity contribution in [3.63, 3.8) is 0 Å². The Hall–Kier alpha value is -0.0800. The monoisotopic (exact) mass is 402 g/mol. The zero-order valence-electron chi connectivity index (χ0n) is 19.8. The van der Waals surface area contributed by atoms with Crippen LogP contribution in [0.5, 0.6) is 0 Å². The van der Waals surface area contributed by atoms with Crippen molar-refractivity contribution in [2.45, 2.75) is 123 Å². The zero-order chi connectivity index (χ0) is 20.6. The quantitative estimate of drug-likeness (QED) is 0.525. The van der Waals surface area contributed by atoms with Gasteiger partial charge in [-0.1, -0.05) is 53.9 Å². The SMILES string of the molecule is CC(C)CCC[C@@H](C)[C@H]1CC[C@H]2[C@@H]3C[C@@H]4O[C@@]45C[C@@H](O)CC[C@]5(C)[C@H]3CC[C@]12C. The number of ether oxygens (including phenoxy) is 1. The average Bonchev–Trinajstić information content (AvgIpc) is 3.22. The van der Waals surface area contributed by atoms with E-state index in [2.05, 4.69) is 34.6 Å². The first-order chi connectivity index (χ1) is 13.7. The van der Waals surface area contributed by atoms with E-state index in [1.54, 1.807) is 0 Å². The number of rotatable bonds is 5. The van der Waals surface area contributed by atoms with Crippen molar-refractivity contribution >= 4 is 0 Å². The minimum atomic E-state index is -0.124. The molecule has 1 N–H and O–H groups in total. The van der Waals surface area contributed by atoms with Crippen LogP contribution in [0.3, 0.4) is 0 Å². The van der Waals surface area contributed by atoms with Crippen molar-refractivity contribution in [2.75, 3.05) is 0 Å². The van der Waals surface area contributed by atoms with Crippen molar-refractivity contribution in [1.82, 2.24) is 0 Å². The Kier molecular flexibility index (Phi) is 4.99. The largest absolute Gasteiger partial charge is 0.393 e. The van der Waals surface area contributed by atoms with Crippen LogP contribution < -0.4 is 0 Å². The van der Waals surface area contributed by atoms with Crippen LogP contribution in [0.2, 0.25) is 0 Å². The summed E-state index contributed by atoms with van der Waals surface area (Å²) in [7, 11) is 0. The number of hydrogen-bond donors (Lipinski definition) is 1. The smallest absolute Gasteiger partial charge is 0.103 e. The first-order valence-electron chi connectivity index (χ1n) is 13.1. The van der Waals surface area contributed by atoms with Gasteiger partial charge in [0.2, 0.25) is 0 Å². The van der Waals surface area contributed by atoms with Crippen LogP contribution in [-0.2, 0) is 4.74 Å². The normalized spacial score (nSPS) is 54.3. The molecule has 2 nitrogen and oxygen atoms in total. The van der Waals surface area contributed by atoms with Gasteiger partial charge in [0.15, 0.2) is 0 Å². The maximum absolute atomic E-state index is 10.4. The predicted octanol–water partition coefficient (Wildman–Crippen LogP) is 6.60. The van der Waals surface area contributed by atoms with E-state index in [1.807, 2.05) is 0 Å². The molecule has 0 amide bonds. The molecule has 0 aromatic heterocycles. The summed E-state index contributed by atoms with van der Waals surface area (Å²) in [6.07, 6.45) is 14.8. The Labute approximate surface area is 179 Å². The van der Waals surface area contributed by atoms with Crippen LogP contribution in [0.25, 0.3) is 0 Å². The standard InChI is InChI=1S/C27H46O2/c1-17(2)7-6-8-18(3)21-9-10-22-20-15-24-27(29-24)16-19(28)11-14-26(27,5)23(20)12-13-25(21,22)4/h17-24,28H,6-16H2,1-5H3/t18-,19+,20+,21-,22+,23+,24+,25-,26-,27+/m1/s1. The number of hydrogen-bond acceptors (Lipinski definition) is 2. The van der Waals surface area contributed by atoms with Gasteiger partial charge >= 0.3 is 0 Å². The summed E-state index contributed by atoms with van der Waals surface area (Å²) in [4.78, 5) is 0. The first-order valence-corrected chi connectivity index (χ1v) is 13.1. The Morgan fingerprint density at radius 1 is 0.966 bits per heavy atom. The van der Waals surface area contributed by atoms with Crippen molar-refractivity contribution in [1.29, 1.82) is 0 Å². The molecule has 4 aliphatic carbocycles. The summed E-state index contributed by atoms with van der Waals surface area (Å²) in [5.74, 6) is 5.31. The highest BCUT2D eigenvalue weighted by Crippen LogP contribution is 2.74. The zero-order valence-corrected chi connectivity index (χ0v) is 19.8. The second-order valence-corrected chi connectivity index (χ2v) is 13.0. The van der Waals surface area contributed by atoms with E-state index in [0.717, 1.165) is 48.3 Å². The lowest BCUT2D eigenvalue weighted by molar-refractivity contribution is -0.116. The van der Waals surface area contributed by atoms with Crippen LogP contribution in [0.4, 0.5) is 0 Å². The lowest BCUT2D eigenvalue weighted by atomic mass is 9.44. The Balaban J connectivity index is 1.33. The lowest BCUT2D eigenvalue weighted by Crippen LogP contribution is -2.58. The van der Waals surface area contributed by atoms with Crippen LogP contribution in [0.15, 0.2) is 0 Å². The van der Waals surface area contributed by atoms with E-state index in [1.165, 1.54) is 57.8 Å². The molecule has 1 aliphatic heterocycles. The molecule has 2 heteroatoms. The second-order valence-electron chi connectivity index (χ2n) is 13.0. The molecule has 0 aromatic rings. The van der Waals surface area contributed by atoms with Gasteiger partial charge in [0.05, 0.1) is 12.2 Å². The minimum Gasteiger partial charge on any atom is -0.393 e.